The van der Waals surface area contributed by atoms with E-state index in [2.05, 4.69) is 10.6 Å². The van der Waals surface area contributed by atoms with E-state index in [4.69, 9.17) is 9.47 Å². The molecule has 176 valence electrons. The van der Waals surface area contributed by atoms with Gasteiger partial charge in [-0.05, 0) is 68.3 Å². The monoisotopic (exact) mass is 460 g/mol. The second-order valence-electron chi connectivity index (χ2n) is 7.72. The summed E-state index contributed by atoms with van der Waals surface area (Å²) in [4.78, 5) is 36.4. The second kappa shape index (κ2) is 11.7. The first kappa shape index (κ1) is 24.5. The van der Waals surface area contributed by atoms with Gasteiger partial charge < -0.3 is 20.1 Å². The van der Waals surface area contributed by atoms with Gasteiger partial charge in [0.2, 0.25) is 5.91 Å². The lowest BCUT2D eigenvalue weighted by atomic mass is 10.1. The topological polar surface area (TPSA) is 93.7 Å². The highest BCUT2D eigenvalue weighted by Gasteiger charge is 2.12. The van der Waals surface area contributed by atoms with Crippen LogP contribution in [0.5, 0.6) is 11.5 Å². The third-order valence-corrected chi connectivity index (χ3v) is 5.27. The summed E-state index contributed by atoms with van der Waals surface area (Å²) < 4.78 is 11.0. The minimum atomic E-state index is -0.212. The number of carbonyl (C=O) groups is 3. The molecule has 3 rings (SSSR count). The minimum Gasteiger partial charge on any atom is -0.493 e. The molecule has 3 aromatic rings. The molecule has 3 aromatic carbocycles. The predicted octanol–water partition coefficient (Wildman–Crippen LogP) is 5.26. The highest BCUT2D eigenvalue weighted by molar-refractivity contribution is 6.05. The van der Waals surface area contributed by atoms with E-state index in [1.165, 1.54) is 14.0 Å². The van der Waals surface area contributed by atoms with Crippen molar-refractivity contribution in [3.05, 3.63) is 83.4 Å². The smallest absolute Gasteiger partial charge is 0.255 e. The molecule has 0 heterocycles. The van der Waals surface area contributed by atoms with Crippen LogP contribution in [0.25, 0.3) is 0 Å². The van der Waals surface area contributed by atoms with Crippen LogP contribution in [0.3, 0.4) is 0 Å². The van der Waals surface area contributed by atoms with Crippen molar-refractivity contribution in [3.8, 4) is 11.5 Å². The molecule has 2 amide bonds. The number of benzene rings is 3. The zero-order valence-corrected chi connectivity index (χ0v) is 19.5. The maximum absolute atomic E-state index is 12.5. The molecule has 7 heteroatoms. The number of hydrogen-bond acceptors (Lipinski definition) is 5. The molecule has 0 aliphatic carbocycles. The number of anilines is 2. The highest BCUT2D eigenvalue weighted by Crippen LogP contribution is 2.28. The van der Waals surface area contributed by atoms with E-state index < -0.39 is 0 Å². The molecule has 0 aromatic heterocycles. The fraction of sp³-hybridized carbons (Fsp3) is 0.222. The lowest BCUT2D eigenvalue weighted by Gasteiger charge is -2.14. The van der Waals surface area contributed by atoms with Gasteiger partial charge >= 0.3 is 0 Å². The van der Waals surface area contributed by atoms with Gasteiger partial charge in [0.15, 0.2) is 17.3 Å². The highest BCUT2D eigenvalue weighted by atomic mass is 16.5. The van der Waals surface area contributed by atoms with Gasteiger partial charge in [-0.2, -0.15) is 0 Å². The third-order valence-electron chi connectivity index (χ3n) is 5.27. The van der Waals surface area contributed by atoms with Crippen molar-refractivity contribution in [3.63, 3.8) is 0 Å². The molecule has 2 N–H and O–H groups in total. The summed E-state index contributed by atoms with van der Waals surface area (Å²) in [5, 5.41) is 5.79. The number of ketones is 1. The molecule has 0 bridgehead atoms. The molecule has 7 nitrogen and oxygen atoms in total. The van der Waals surface area contributed by atoms with Gasteiger partial charge in [0.1, 0.15) is 0 Å². The van der Waals surface area contributed by atoms with Crippen molar-refractivity contribution in [1.82, 2.24) is 0 Å². The lowest BCUT2D eigenvalue weighted by Crippen LogP contribution is -2.16. The molecular formula is C27H28N2O5. The van der Waals surface area contributed by atoms with Crippen molar-refractivity contribution in [2.75, 3.05) is 24.4 Å². The molecule has 0 unspecified atom stereocenters. The summed E-state index contributed by atoms with van der Waals surface area (Å²) in [5.74, 6) is 0.571. The standard InChI is InChI=1S/C27H28N2O5/c1-18-22(11-7-12-23(18)29-27(32)20-9-5-4-6-10-20)28-26(31)13-8-16-34-24-15-14-21(19(2)30)17-25(24)33-3/h4-7,9-12,14-15,17H,8,13,16H2,1-3H3,(H,28,31)(H,29,32). The van der Waals surface area contributed by atoms with Crippen LogP contribution in [0.15, 0.2) is 66.7 Å². The predicted molar refractivity (Wildman–Crippen MR) is 132 cm³/mol. The average molecular weight is 461 g/mol. The van der Waals surface area contributed by atoms with Crippen LogP contribution in [0.4, 0.5) is 11.4 Å². The average Bonchev–Trinajstić information content (AvgIpc) is 2.84. The second-order valence-corrected chi connectivity index (χ2v) is 7.72. The zero-order chi connectivity index (χ0) is 24.5. The number of ether oxygens (including phenoxy) is 2. The van der Waals surface area contributed by atoms with Gasteiger partial charge in [0.25, 0.3) is 5.91 Å². The van der Waals surface area contributed by atoms with Gasteiger partial charge in [-0.15, -0.1) is 0 Å². The fourth-order valence-corrected chi connectivity index (χ4v) is 3.32. The normalized spacial score (nSPS) is 10.3. The molecule has 0 atom stereocenters. The van der Waals surface area contributed by atoms with Crippen LogP contribution in [-0.4, -0.2) is 31.3 Å². The van der Waals surface area contributed by atoms with E-state index in [-0.39, 0.29) is 24.0 Å². The molecular weight excluding hydrogens is 432 g/mol. The summed E-state index contributed by atoms with van der Waals surface area (Å²) >= 11 is 0. The van der Waals surface area contributed by atoms with Crippen molar-refractivity contribution in [2.45, 2.75) is 26.7 Å². The zero-order valence-electron chi connectivity index (χ0n) is 19.5. The SMILES string of the molecule is COc1cc(C(C)=O)ccc1OCCCC(=O)Nc1cccc(NC(=O)c2ccccc2)c1C. The maximum Gasteiger partial charge on any atom is 0.255 e. The van der Waals surface area contributed by atoms with Gasteiger partial charge in [-0.1, -0.05) is 24.3 Å². The van der Waals surface area contributed by atoms with E-state index in [1.54, 1.807) is 60.7 Å². The molecule has 0 fully saturated rings. The Morgan fingerprint density at radius 1 is 0.824 bits per heavy atom. The van der Waals surface area contributed by atoms with Crippen LogP contribution in [0.2, 0.25) is 0 Å². The largest absolute Gasteiger partial charge is 0.493 e. The molecule has 34 heavy (non-hydrogen) atoms. The van der Waals surface area contributed by atoms with Gasteiger partial charge in [0.05, 0.1) is 13.7 Å². The Balaban J connectivity index is 1.52. The Morgan fingerprint density at radius 3 is 2.21 bits per heavy atom. The quantitative estimate of drug-likeness (QED) is 0.318. The fourth-order valence-electron chi connectivity index (χ4n) is 3.32. The van der Waals surface area contributed by atoms with Crippen LogP contribution >= 0.6 is 0 Å². The molecule has 0 spiro atoms. The van der Waals surface area contributed by atoms with Crippen molar-refractivity contribution >= 4 is 29.0 Å². The van der Waals surface area contributed by atoms with Crippen LogP contribution in [-0.2, 0) is 4.79 Å². The first-order valence-electron chi connectivity index (χ1n) is 11.0. The van der Waals surface area contributed by atoms with Gasteiger partial charge in [-0.3, -0.25) is 14.4 Å². The molecule has 0 radical (unpaired) electrons. The molecule has 0 aliphatic rings. The van der Waals surface area contributed by atoms with Gasteiger partial charge in [-0.25, -0.2) is 0 Å². The Hall–Kier alpha value is -4.13. The first-order chi connectivity index (χ1) is 16.4. The maximum atomic E-state index is 12.5. The minimum absolute atomic E-state index is 0.0551. The van der Waals surface area contributed by atoms with Crippen molar-refractivity contribution in [1.29, 1.82) is 0 Å². The van der Waals surface area contributed by atoms with Crippen LogP contribution in [0, 0.1) is 6.92 Å². The summed E-state index contributed by atoms with van der Waals surface area (Å²) in [5.41, 5.74) is 3.14. The van der Waals surface area contributed by atoms with Crippen molar-refractivity contribution < 1.29 is 23.9 Å². The number of methoxy groups -OCH3 is 1. The van der Waals surface area contributed by atoms with E-state index in [0.717, 1.165) is 5.56 Å². The number of amides is 2. The Morgan fingerprint density at radius 2 is 1.53 bits per heavy atom. The Bertz CT molecular complexity index is 1170. The first-order valence-corrected chi connectivity index (χ1v) is 11.0. The molecule has 0 saturated heterocycles. The van der Waals surface area contributed by atoms with Crippen molar-refractivity contribution in [2.24, 2.45) is 0 Å². The number of Topliss-reactive ketones (excluding diaryl/α,β-unsaturated/α-hetero) is 1. The van der Waals surface area contributed by atoms with E-state index in [0.29, 0.717) is 47.0 Å². The number of rotatable bonds is 10. The summed E-state index contributed by atoms with van der Waals surface area (Å²) in [7, 11) is 1.51. The van der Waals surface area contributed by atoms with Crippen LogP contribution < -0.4 is 20.1 Å². The van der Waals surface area contributed by atoms with E-state index in [1.807, 2.05) is 13.0 Å². The number of nitrogens with one attached hydrogen (secondary N) is 2. The van der Waals surface area contributed by atoms with Gasteiger partial charge in [0, 0.05) is 28.9 Å². The Labute approximate surface area is 199 Å². The number of carbonyl (C=O) groups excluding carboxylic acids is 3. The lowest BCUT2D eigenvalue weighted by molar-refractivity contribution is -0.116. The van der Waals surface area contributed by atoms with E-state index in [9.17, 15) is 14.4 Å². The van der Waals surface area contributed by atoms with E-state index >= 15 is 0 Å². The number of hydrogen-bond donors (Lipinski definition) is 2. The molecule has 0 aliphatic heterocycles. The third kappa shape index (κ3) is 6.45. The summed E-state index contributed by atoms with van der Waals surface area (Å²) in [6.07, 6.45) is 0.751. The summed E-state index contributed by atoms with van der Waals surface area (Å²) in [6.45, 7) is 3.65. The summed E-state index contributed by atoms with van der Waals surface area (Å²) in [6, 6.07) is 19.3. The molecule has 0 saturated carbocycles. The van der Waals surface area contributed by atoms with Crippen LogP contribution in [0.1, 0.15) is 46.0 Å². The Kier molecular flexibility index (Phi) is 8.40.